The van der Waals surface area contributed by atoms with Crippen LogP contribution in [0.5, 0.6) is 5.75 Å². The number of amides is 1. The third-order valence-corrected chi connectivity index (χ3v) is 1.84. The lowest BCUT2D eigenvalue weighted by Crippen LogP contribution is -2.17. The standard InChI is InChI=1S/C10H9F4NO3/c11-8-5-6(17-3-4-18-9(15)16)1-2-7(8)10(12,13)14/h1-2,5H,3-4H2,(H2,15,16). The number of benzene rings is 1. The quantitative estimate of drug-likeness (QED) is 0.672. The van der Waals surface area contributed by atoms with Gasteiger partial charge in [-0.3, -0.25) is 0 Å². The molecular weight excluding hydrogens is 258 g/mol. The van der Waals surface area contributed by atoms with Gasteiger partial charge in [0.1, 0.15) is 24.8 Å². The number of halogens is 4. The molecule has 18 heavy (non-hydrogen) atoms. The van der Waals surface area contributed by atoms with E-state index in [4.69, 9.17) is 4.74 Å². The molecule has 1 amide bonds. The highest BCUT2D eigenvalue weighted by Gasteiger charge is 2.33. The Labute approximate surface area is 99.3 Å². The number of hydrogen-bond donors (Lipinski definition) is 1. The van der Waals surface area contributed by atoms with E-state index < -0.39 is 23.7 Å². The maximum absolute atomic E-state index is 13.1. The summed E-state index contributed by atoms with van der Waals surface area (Å²) >= 11 is 0. The molecule has 0 fully saturated rings. The van der Waals surface area contributed by atoms with E-state index in [0.717, 1.165) is 6.07 Å². The maximum Gasteiger partial charge on any atom is 0.419 e. The molecule has 1 aromatic carbocycles. The summed E-state index contributed by atoms with van der Waals surface area (Å²) in [5.41, 5.74) is 3.29. The van der Waals surface area contributed by atoms with Gasteiger partial charge in [-0.25, -0.2) is 9.18 Å². The van der Waals surface area contributed by atoms with Crippen molar-refractivity contribution in [1.82, 2.24) is 0 Å². The first-order valence-corrected chi connectivity index (χ1v) is 4.72. The largest absolute Gasteiger partial charge is 0.490 e. The summed E-state index contributed by atoms with van der Waals surface area (Å²) < 4.78 is 58.9. The molecule has 4 nitrogen and oxygen atoms in total. The molecule has 0 aliphatic carbocycles. The highest BCUT2D eigenvalue weighted by Crippen LogP contribution is 2.32. The number of ether oxygens (including phenoxy) is 2. The minimum Gasteiger partial charge on any atom is -0.490 e. The summed E-state index contributed by atoms with van der Waals surface area (Å²) in [5, 5.41) is 0. The van der Waals surface area contributed by atoms with Crippen molar-refractivity contribution in [2.75, 3.05) is 13.2 Å². The van der Waals surface area contributed by atoms with Gasteiger partial charge in [-0.15, -0.1) is 0 Å². The van der Waals surface area contributed by atoms with Crippen molar-refractivity contribution < 1.29 is 31.8 Å². The van der Waals surface area contributed by atoms with Crippen molar-refractivity contribution in [3.63, 3.8) is 0 Å². The van der Waals surface area contributed by atoms with Crippen molar-refractivity contribution in [1.29, 1.82) is 0 Å². The van der Waals surface area contributed by atoms with E-state index in [9.17, 15) is 22.4 Å². The second kappa shape index (κ2) is 5.56. The van der Waals surface area contributed by atoms with Crippen molar-refractivity contribution >= 4 is 6.09 Å². The Morgan fingerprint density at radius 2 is 1.94 bits per heavy atom. The summed E-state index contributed by atoms with van der Waals surface area (Å²) in [5.74, 6) is -1.54. The van der Waals surface area contributed by atoms with E-state index in [2.05, 4.69) is 10.5 Å². The van der Waals surface area contributed by atoms with E-state index in [1.54, 1.807) is 0 Å². The third kappa shape index (κ3) is 4.11. The number of rotatable bonds is 4. The molecule has 0 saturated heterocycles. The molecule has 0 aliphatic heterocycles. The van der Waals surface area contributed by atoms with Crippen molar-refractivity contribution in [3.05, 3.63) is 29.6 Å². The Morgan fingerprint density at radius 3 is 2.44 bits per heavy atom. The van der Waals surface area contributed by atoms with Gasteiger partial charge in [0.2, 0.25) is 0 Å². The summed E-state index contributed by atoms with van der Waals surface area (Å²) in [4.78, 5) is 10.2. The van der Waals surface area contributed by atoms with Crippen LogP contribution in [0.2, 0.25) is 0 Å². The number of hydrogen-bond acceptors (Lipinski definition) is 3. The van der Waals surface area contributed by atoms with Crippen LogP contribution in [-0.2, 0) is 10.9 Å². The van der Waals surface area contributed by atoms with E-state index in [1.807, 2.05) is 0 Å². The van der Waals surface area contributed by atoms with Crippen LogP contribution < -0.4 is 10.5 Å². The fourth-order valence-electron chi connectivity index (χ4n) is 1.12. The molecule has 0 bridgehead atoms. The summed E-state index contributed by atoms with van der Waals surface area (Å²) in [6.07, 6.45) is -5.75. The molecule has 0 unspecified atom stereocenters. The van der Waals surface area contributed by atoms with Crippen LogP contribution in [0.25, 0.3) is 0 Å². The Hall–Kier alpha value is -1.99. The molecule has 0 spiro atoms. The molecule has 1 aromatic rings. The first-order valence-electron chi connectivity index (χ1n) is 4.72. The van der Waals surface area contributed by atoms with Crippen LogP contribution in [0, 0.1) is 5.82 Å². The molecule has 0 atom stereocenters. The zero-order valence-electron chi connectivity index (χ0n) is 8.96. The second-order valence-corrected chi connectivity index (χ2v) is 3.16. The van der Waals surface area contributed by atoms with Crippen molar-refractivity contribution in [2.24, 2.45) is 5.73 Å². The average Bonchev–Trinajstić information content (AvgIpc) is 2.22. The van der Waals surface area contributed by atoms with Gasteiger partial charge in [-0.1, -0.05) is 0 Å². The minimum atomic E-state index is -4.75. The highest BCUT2D eigenvalue weighted by atomic mass is 19.4. The Bertz CT molecular complexity index is 434. The first kappa shape index (κ1) is 14.1. The Morgan fingerprint density at radius 1 is 1.28 bits per heavy atom. The second-order valence-electron chi connectivity index (χ2n) is 3.16. The van der Waals surface area contributed by atoms with E-state index in [0.29, 0.717) is 12.1 Å². The molecule has 2 N–H and O–H groups in total. The van der Waals surface area contributed by atoms with E-state index in [-0.39, 0.29) is 19.0 Å². The summed E-state index contributed by atoms with van der Waals surface area (Å²) in [7, 11) is 0. The van der Waals surface area contributed by atoms with Crippen LogP contribution >= 0.6 is 0 Å². The molecule has 0 saturated carbocycles. The van der Waals surface area contributed by atoms with Gasteiger partial charge in [0, 0.05) is 6.07 Å². The van der Waals surface area contributed by atoms with Gasteiger partial charge < -0.3 is 15.2 Å². The lowest BCUT2D eigenvalue weighted by atomic mass is 10.2. The van der Waals surface area contributed by atoms with Crippen LogP contribution in [0.4, 0.5) is 22.4 Å². The number of alkyl halides is 3. The van der Waals surface area contributed by atoms with Crippen molar-refractivity contribution in [2.45, 2.75) is 6.18 Å². The topological polar surface area (TPSA) is 61.6 Å². The lowest BCUT2D eigenvalue weighted by molar-refractivity contribution is -0.140. The lowest BCUT2D eigenvalue weighted by Gasteiger charge is -2.10. The van der Waals surface area contributed by atoms with E-state index in [1.165, 1.54) is 0 Å². The normalized spacial score (nSPS) is 11.1. The summed E-state index contributed by atoms with van der Waals surface area (Å²) in [6.45, 7) is -0.328. The maximum atomic E-state index is 13.1. The number of carbonyl (C=O) groups excluding carboxylic acids is 1. The number of carbonyl (C=O) groups is 1. The zero-order valence-corrected chi connectivity index (χ0v) is 8.96. The predicted molar refractivity (Wildman–Crippen MR) is 52.4 cm³/mol. The van der Waals surface area contributed by atoms with Gasteiger partial charge in [0.25, 0.3) is 0 Å². The zero-order chi connectivity index (χ0) is 13.8. The molecular formula is C10H9F4NO3. The highest BCUT2D eigenvalue weighted by molar-refractivity contribution is 5.64. The molecule has 0 aromatic heterocycles. The van der Waals surface area contributed by atoms with Crippen molar-refractivity contribution in [3.8, 4) is 5.75 Å². The SMILES string of the molecule is NC(=O)OCCOc1ccc(C(F)(F)F)c(F)c1. The molecule has 100 valence electrons. The third-order valence-electron chi connectivity index (χ3n) is 1.84. The molecule has 0 aliphatic rings. The minimum absolute atomic E-state index is 0.103. The van der Waals surface area contributed by atoms with Crippen LogP contribution in [0.3, 0.4) is 0 Å². The Balaban J connectivity index is 2.59. The monoisotopic (exact) mass is 267 g/mol. The van der Waals surface area contributed by atoms with Gasteiger partial charge >= 0.3 is 12.3 Å². The molecule has 0 radical (unpaired) electrons. The fourth-order valence-corrected chi connectivity index (χ4v) is 1.12. The first-order chi connectivity index (χ1) is 8.30. The van der Waals surface area contributed by atoms with Gasteiger partial charge in [0.05, 0.1) is 5.56 Å². The summed E-state index contributed by atoms with van der Waals surface area (Å²) in [6, 6.07) is 2.14. The smallest absolute Gasteiger partial charge is 0.419 e. The van der Waals surface area contributed by atoms with Gasteiger partial charge in [0.15, 0.2) is 0 Å². The van der Waals surface area contributed by atoms with Crippen LogP contribution in [0.1, 0.15) is 5.56 Å². The predicted octanol–water partition coefficient (Wildman–Crippen LogP) is 2.32. The number of nitrogens with two attached hydrogens (primary N) is 1. The van der Waals surface area contributed by atoms with Gasteiger partial charge in [-0.05, 0) is 12.1 Å². The molecule has 8 heteroatoms. The number of primary amides is 1. The van der Waals surface area contributed by atoms with E-state index >= 15 is 0 Å². The van der Waals surface area contributed by atoms with Crippen LogP contribution in [-0.4, -0.2) is 19.3 Å². The fraction of sp³-hybridized carbons (Fsp3) is 0.300. The molecule has 1 rings (SSSR count). The average molecular weight is 267 g/mol. The molecule has 0 heterocycles. The Kier molecular flexibility index (Phi) is 4.35. The van der Waals surface area contributed by atoms with Gasteiger partial charge in [-0.2, -0.15) is 13.2 Å². The van der Waals surface area contributed by atoms with Crippen LogP contribution in [0.15, 0.2) is 18.2 Å².